The van der Waals surface area contributed by atoms with Crippen molar-refractivity contribution in [2.24, 2.45) is 5.73 Å². The monoisotopic (exact) mass is 318 g/mol. The molecule has 0 unspecified atom stereocenters. The number of hydrogen-bond acceptors (Lipinski definition) is 3. The molecule has 0 saturated heterocycles. The number of amides is 1. The molecule has 0 aromatic heterocycles. The van der Waals surface area contributed by atoms with Gasteiger partial charge in [-0.25, -0.2) is 4.79 Å². The maximum Gasteiger partial charge on any atom is 0.410 e. The molecule has 2 rings (SSSR count). The van der Waals surface area contributed by atoms with Gasteiger partial charge in [0, 0.05) is 19.1 Å². The van der Waals surface area contributed by atoms with E-state index in [9.17, 15) is 4.79 Å². The number of ether oxygens (including phenoxy) is 1. The number of hydrogen-bond donors (Lipinski definition) is 1. The van der Waals surface area contributed by atoms with E-state index in [2.05, 4.69) is 12.1 Å². The highest BCUT2D eigenvalue weighted by atomic mass is 16.6. The van der Waals surface area contributed by atoms with Gasteiger partial charge < -0.3 is 15.4 Å². The van der Waals surface area contributed by atoms with Gasteiger partial charge >= 0.3 is 6.09 Å². The van der Waals surface area contributed by atoms with Crippen LogP contribution in [0.25, 0.3) is 0 Å². The van der Waals surface area contributed by atoms with Crippen molar-refractivity contribution in [3.05, 3.63) is 35.4 Å². The molecule has 1 aliphatic rings. The molecular weight excluding hydrogens is 288 g/mol. The van der Waals surface area contributed by atoms with E-state index in [0.717, 1.165) is 24.0 Å². The Kier molecular flexibility index (Phi) is 6.05. The van der Waals surface area contributed by atoms with E-state index >= 15 is 0 Å². The molecule has 1 saturated carbocycles. The van der Waals surface area contributed by atoms with Crippen LogP contribution in [0.5, 0.6) is 0 Å². The molecule has 0 aliphatic heterocycles. The third-order valence-corrected chi connectivity index (χ3v) is 4.26. The highest BCUT2D eigenvalue weighted by molar-refractivity contribution is 5.68. The molecule has 0 bridgehead atoms. The van der Waals surface area contributed by atoms with Crippen LogP contribution < -0.4 is 5.73 Å². The van der Waals surface area contributed by atoms with E-state index in [0.29, 0.717) is 13.1 Å². The van der Waals surface area contributed by atoms with Crippen molar-refractivity contribution in [1.29, 1.82) is 0 Å². The van der Waals surface area contributed by atoms with Crippen LogP contribution >= 0.6 is 0 Å². The van der Waals surface area contributed by atoms with Crippen LogP contribution in [-0.2, 0) is 17.8 Å². The topological polar surface area (TPSA) is 55.6 Å². The average molecular weight is 318 g/mol. The summed E-state index contributed by atoms with van der Waals surface area (Å²) in [5, 5.41) is 0. The first kappa shape index (κ1) is 17.8. The van der Waals surface area contributed by atoms with Crippen molar-refractivity contribution in [1.82, 2.24) is 4.90 Å². The molecule has 2 N–H and O–H groups in total. The van der Waals surface area contributed by atoms with Gasteiger partial charge in [-0.05, 0) is 44.7 Å². The zero-order chi connectivity index (χ0) is 16.9. The lowest BCUT2D eigenvalue weighted by molar-refractivity contribution is 0.00988. The number of rotatable bonds is 4. The maximum absolute atomic E-state index is 12.7. The van der Waals surface area contributed by atoms with Gasteiger partial charge in [0.15, 0.2) is 0 Å². The molecule has 0 spiro atoms. The molecule has 0 heterocycles. The average Bonchev–Trinajstić information content (AvgIpc) is 2.52. The van der Waals surface area contributed by atoms with Crippen molar-refractivity contribution < 1.29 is 9.53 Å². The Morgan fingerprint density at radius 1 is 1.13 bits per heavy atom. The number of carbonyl (C=O) groups excluding carboxylic acids is 1. The summed E-state index contributed by atoms with van der Waals surface area (Å²) in [7, 11) is 0. The van der Waals surface area contributed by atoms with E-state index < -0.39 is 5.60 Å². The molecule has 4 heteroatoms. The Hall–Kier alpha value is -1.55. The summed E-state index contributed by atoms with van der Waals surface area (Å²) in [4.78, 5) is 14.6. The van der Waals surface area contributed by atoms with Crippen LogP contribution in [0.15, 0.2) is 24.3 Å². The molecule has 1 aromatic rings. The normalized spacial score (nSPS) is 16.2. The Morgan fingerprint density at radius 3 is 2.22 bits per heavy atom. The first-order valence-electron chi connectivity index (χ1n) is 8.66. The van der Waals surface area contributed by atoms with Crippen LogP contribution in [0.3, 0.4) is 0 Å². The number of nitrogens with zero attached hydrogens (tertiary/aromatic N) is 1. The number of benzene rings is 1. The van der Waals surface area contributed by atoms with Crippen LogP contribution in [0, 0.1) is 0 Å². The minimum absolute atomic E-state index is 0.202. The van der Waals surface area contributed by atoms with E-state index in [1.54, 1.807) is 0 Å². The Labute approximate surface area is 140 Å². The predicted octanol–water partition coefficient (Wildman–Crippen LogP) is 4.22. The van der Waals surface area contributed by atoms with Crippen molar-refractivity contribution in [3.8, 4) is 0 Å². The number of nitrogens with two attached hydrogens (primary N) is 1. The smallest absolute Gasteiger partial charge is 0.410 e. The molecule has 1 amide bonds. The van der Waals surface area contributed by atoms with E-state index in [4.69, 9.17) is 10.5 Å². The van der Waals surface area contributed by atoms with Crippen LogP contribution in [-0.4, -0.2) is 22.6 Å². The van der Waals surface area contributed by atoms with Gasteiger partial charge in [-0.3, -0.25) is 0 Å². The summed E-state index contributed by atoms with van der Waals surface area (Å²) in [6.45, 7) is 6.89. The van der Waals surface area contributed by atoms with Crippen molar-refractivity contribution in [2.75, 3.05) is 0 Å². The summed E-state index contributed by atoms with van der Waals surface area (Å²) in [5.41, 5.74) is 7.42. The van der Waals surface area contributed by atoms with Gasteiger partial charge in [-0.2, -0.15) is 0 Å². The molecule has 1 fully saturated rings. The van der Waals surface area contributed by atoms with Gasteiger partial charge in [0.2, 0.25) is 0 Å². The Bertz CT molecular complexity index is 499. The fraction of sp³-hybridized carbons (Fsp3) is 0.632. The molecule has 23 heavy (non-hydrogen) atoms. The van der Waals surface area contributed by atoms with E-state index in [-0.39, 0.29) is 12.1 Å². The second-order valence-corrected chi connectivity index (χ2v) is 7.42. The molecule has 0 atom stereocenters. The van der Waals surface area contributed by atoms with Gasteiger partial charge in [-0.15, -0.1) is 0 Å². The second-order valence-electron chi connectivity index (χ2n) is 7.42. The second kappa shape index (κ2) is 7.82. The summed E-state index contributed by atoms with van der Waals surface area (Å²) in [6.07, 6.45) is 5.59. The van der Waals surface area contributed by atoms with Gasteiger partial charge in [-0.1, -0.05) is 43.5 Å². The lowest BCUT2D eigenvalue weighted by Crippen LogP contribution is -2.43. The fourth-order valence-electron chi connectivity index (χ4n) is 3.03. The van der Waals surface area contributed by atoms with Crippen LogP contribution in [0.1, 0.15) is 64.0 Å². The van der Waals surface area contributed by atoms with Crippen molar-refractivity contribution in [2.45, 2.75) is 77.6 Å². The molecule has 4 nitrogen and oxygen atoms in total. The van der Waals surface area contributed by atoms with E-state index in [1.807, 2.05) is 37.8 Å². The summed E-state index contributed by atoms with van der Waals surface area (Å²) >= 11 is 0. The lowest BCUT2D eigenvalue weighted by atomic mass is 9.94. The molecular formula is C19H30N2O2. The summed E-state index contributed by atoms with van der Waals surface area (Å²) < 4.78 is 5.64. The summed E-state index contributed by atoms with van der Waals surface area (Å²) in [6, 6.07) is 8.46. The van der Waals surface area contributed by atoms with Crippen molar-refractivity contribution in [3.63, 3.8) is 0 Å². The predicted molar refractivity (Wildman–Crippen MR) is 93.0 cm³/mol. The zero-order valence-electron chi connectivity index (χ0n) is 14.7. The maximum atomic E-state index is 12.7. The molecule has 128 valence electrons. The Balaban J connectivity index is 2.12. The first-order chi connectivity index (χ1) is 10.9. The quantitative estimate of drug-likeness (QED) is 0.904. The fourth-order valence-corrected chi connectivity index (χ4v) is 3.03. The van der Waals surface area contributed by atoms with Gasteiger partial charge in [0.25, 0.3) is 0 Å². The van der Waals surface area contributed by atoms with Crippen LogP contribution in [0.4, 0.5) is 4.79 Å². The standard InChI is InChI=1S/C19H30N2O2/c1-19(2,3)23-18(22)21(17-7-5-4-6-8-17)14-16-11-9-15(13-20)10-12-16/h9-12,17H,4-8,13-14,20H2,1-3H3. The third-order valence-electron chi connectivity index (χ3n) is 4.26. The number of carbonyl (C=O) groups is 1. The third kappa shape index (κ3) is 5.54. The molecule has 0 radical (unpaired) electrons. The minimum atomic E-state index is -0.465. The molecule has 1 aromatic carbocycles. The summed E-state index contributed by atoms with van der Waals surface area (Å²) in [5.74, 6) is 0. The lowest BCUT2D eigenvalue weighted by Gasteiger charge is -2.35. The van der Waals surface area contributed by atoms with Gasteiger partial charge in [0.1, 0.15) is 5.60 Å². The zero-order valence-corrected chi connectivity index (χ0v) is 14.7. The Morgan fingerprint density at radius 2 is 1.70 bits per heavy atom. The van der Waals surface area contributed by atoms with Gasteiger partial charge in [0.05, 0.1) is 0 Å². The molecule has 1 aliphatic carbocycles. The highest BCUT2D eigenvalue weighted by Crippen LogP contribution is 2.26. The van der Waals surface area contributed by atoms with Crippen molar-refractivity contribution >= 4 is 6.09 Å². The SMILES string of the molecule is CC(C)(C)OC(=O)N(Cc1ccc(CN)cc1)C1CCCCC1. The van der Waals surface area contributed by atoms with Crippen LogP contribution in [0.2, 0.25) is 0 Å². The largest absolute Gasteiger partial charge is 0.444 e. The van der Waals surface area contributed by atoms with E-state index in [1.165, 1.54) is 19.3 Å². The highest BCUT2D eigenvalue weighted by Gasteiger charge is 2.29. The first-order valence-corrected chi connectivity index (χ1v) is 8.66. The minimum Gasteiger partial charge on any atom is -0.444 e.